The Kier molecular flexibility index (Phi) is 4.73. The van der Waals surface area contributed by atoms with Crippen LogP contribution in [-0.2, 0) is 10.0 Å². The molecule has 1 aliphatic heterocycles. The SMILES string of the molecule is Cc1cc(Br)c(N)cc1S(=O)(=O)N1CCC(CCO)C1. The van der Waals surface area contributed by atoms with Gasteiger partial charge in [0.25, 0.3) is 0 Å². The second-order valence-corrected chi connectivity index (χ2v) is 7.93. The zero-order valence-electron chi connectivity index (χ0n) is 11.3. The van der Waals surface area contributed by atoms with Crippen LogP contribution in [-0.4, -0.2) is 37.5 Å². The quantitative estimate of drug-likeness (QED) is 0.798. The molecule has 1 aromatic carbocycles. The number of aliphatic hydroxyl groups is 1. The number of nitrogen functional groups attached to an aromatic ring is 1. The number of aryl methyl sites for hydroxylation is 1. The number of benzene rings is 1. The molecule has 1 aliphatic rings. The van der Waals surface area contributed by atoms with Crippen LogP contribution in [0.15, 0.2) is 21.5 Å². The maximum atomic E-state index is 12.7. The number of hydrogen-bond donors (Lipinski definition) is 2. The predicted molar refractivity (Wildman–Crippen MR) is 81.9 cm³/mol. The smallest absolute Gasteiger partial charge is 0.243 e. The molecule has 7 heteroatoms. The number of rotatable bonds is 4. The molecule has 1 saturated heterocycles. The van der Waals surface area contributed by atoms with E-state index in [2.05, 4.69) is 15.9 Å². The van der Waals surface area contributed by atoms with Gasteiger partial charge in [-0.1, -0.05) is 0 Å². The topological polar surface area (TPSA) is 83.6 Å². The lowest BCUT2D eigenvalue weighted by atomic mass is 10.1. The van der Waals surface area contributed by atoms with Crippen molar-refractivity contribution < 1.29 is 13.5 Å². The van der Waals surface area contributed by atoms with E-state index >= 15 is 0 Å². The van der Waals surface area contributed by atoms with Gasteiger partial charge in [-0.3, -0.25) is 0 Å². The summed E-state index contributed by atoms with van der Waals surface area (Å²) < 4.78 is 27.5. The Bertz CT molecular complexity index is 604. The van der Waals surface area contributed by atoms with Crippen molar-refractivity contribution in [2.75, 3.05) is 25.4 Å². The molecule has 3 N–H and O–H groups in total. The monoisotopic (exact) mass is 362 g/mol. The Labute approximate surface area is 128 Å². The zero-order valence-corrected chi connectivity index (χ0v) is 13.7. The number of nitrogens with zero attached hydrogens (tertiary/aromatic N) is 1. The molecule has 2 rings (SSSR count). The summed E-state index contributed by atoms with van der Waals surface area (Å²) in [6, 6.07) is 3.23. The third-order valence-corrected chi connectivity index (χ3v) is 6.39. The Morgan fingerprint density at radius 2 is 2.20 bits per heavy atom. The maximum Gasteiger partial charge on any atom is 0.243 e. The lowest BCUT2D eigenvalue weighted by molar-refractivity contribution is 0.259. The summed E-state index contributed by atoms with van der Waals surface area (Å²) in [5, 5.41) is 8.95. The Morgan fingerprint density at radius 3 is 2.85 bits per heavy atom. The third-order valence-electron chi connectivity index (χ3n) is 3.70. The molecule has 5 nitrogen and oxygen atoms in total. The largest absolute Gasteiger partial charge is 0.398 e. The van der Waals surface area contributed by atoms with Crippen LogP contribution in [0, 0.1) is 12.8 Å². The van der Waals surface area contributed by atoms with Gasteiger partial charge in [0.1, 0.15) is 0 Å². The van der Waals surface area contributed by atoms with Crippen LogP contribution in [0.2, 0.25) is 0 Å². The van der Waals surface area contributed by atoms with Gasteiger partial charge in [-0.2, -0.15) is 4.31 Å². The van der Waals surface area contributed by atoms with E-state index in [4.69, 9.17) is 10.8 Å². The van der Waals surface area contributed by atoms with Crippen LogP contribution < -0.4 is 5.73 Å². The molecule has 0 spiro atoms. The third kappa shape index (κ3) is 3.00. The normalized spacial score (nSPS) is 20.4. The van der Waals surface area contributed by atoms with Gasteiger partial charge in [0.2, 0.25) is 10.0 Å². The minimum Gasteiger partial charge on any atom is -0.398 e. The minimum absolute atomic E-state index is 0.100. The van der Waals surface area contributed by atoms with Crippen LogP contribution in [0.4, 0.5) is 5.69 Å². The van der Waals surface area contributed by atoms with Gasteiger partial charge in [-0.25, -0.2) is 8.42 Å². The van der Waals surface area contributed by atoms with Crippen molar-refractivity contribution >= 4 is 31.6 Å². The molecule has 1 fully saturated rings. The number of anilines is 1. The molecule has 20 heavy (non-hydrogen) atoms. The first-order valence-corrected chi connectivity index (χ1v) is 8.76. The van der Waals surface area contributed by atoms with Gasteiger partial charge in [0.15, 0.2) is 0 Å². The maximum absolute atomic E-state index is 12.7. The molecule has 1 unspecified atom stereocenters. The highest BCUT2D eigenvalue weighted by Gasteiger charge is 2.33. The van der Waals surface area contributed by atoms with Crippen LogP contribution >= 0.6 is 15.9 Å². The van der Waals surface area contributed by atoms with Crippen molar-refractivity contribution in [3.63, 3.8) is 0 Å². The molecular weight excluding hydrogens is 344 g/mol. The summed E-state index contributed by atoms with van der Waals surface area (Å²) in [6.45, 7) is 2.84. The van der Waals surface area contributed by atoms with E-state index < -0.39 is 10.0 Å². The first-order chi connectivity index (χ1) is 9.36. The van der Waals surface area contributed by atoms with Crippen molar-refractivity contribution in [1.82, 2.24) is 4.31 Å². The molecule has 0 saturated carbocycles. The van der Waals surface area contributed by atoms with Crippen molar-refractivity contribution in [2.45, 2.75) is 24.7 Å². The average Bonchev–Trinajstić information content (AvgIpc) is 2.83. The van der Waals surface area contributed by atoms with Crippen LogP contribution in [0.5, 0.6) is 0 Å². The fourth-order valence-electron chi connectivity index (χ4n) is 2.52. The Balaban J connectivity index is 2.30. The molecule has 0 amide bonds. The van der Waals surface area contributed by atoms with Crippen LogP contribution in [0.25, 0.3) is 0 Å². The molecule has 1 heterocycles. The van der Waals surface area contributed by atoms with Gasteiger partial charge >= 0.3 is 0 Å². The number of sulfonamides is 1. The van der Waals surface area contributed by atoms with Crippen molar-refractivity contribution in [1.29, 1.82) is 0 Å². The molecule has 0 bridgehead atoms. The second kappa shape index (κ2) is 6.01. The van der Waals surface area contributed by atoms with E-state index in [0.29, 0.717) is 35.2 Å². The zero-order chi connectivity index (χ0) is 14.9. The highest BCUT2D eigenvalue weighted by Crippen LogP contribution is 2.31. The molecule has 1 aromatic rings. The van der Waals surface area contributed by atoms with E-state index in [1.807, 2.05) is 0 Å². The first kappa shape index (κ1) is 15.8. The Morgan fingerprint density at radius 1 is 1.50 bits per heavy atom. The lowest BCUT2D eigenvalue weighted by Crippen LogP contribution is -2.29. The summed E-state index contributed by atoms with van der Waals surface area (Å²) in [5.41, 5.74) is 6.89. The van der Waals surface area contributed by atoms with Gasteiger partial charge in [0, 0.05) is 29.9 Å². The van der Waals surface area contributed by atoms with Crippen molar-refractivity contribution in [3.8, 4) is 0 Å². The summed E-state index contributed by atoms with van der Waals surface area (Å²) in [7, 11) is -3.51. The van der Waals surface area contributed by atoms with Gasteiger partial charge in [-0.05, 0) is 59.3 Å². The number of nitrogens with two attached hydrogens (primary N) is 1. The van der Waals surface area contributed by atoms with Crippen LogP contribution in [0.1, 0.15) is 18.4 Å². The fourth-order valence-corrected chi connectivity index (χ4v) is 4.75. The fraction of sp³-hybridized carbons (Fsp3) is 0.538. The molecule has 0 aliphatic carbocycles. The highest BCUT2D eigenvalue weighted by atomic mass is 79.9. The first-order valence-electron chi connectivity index (χ1n) is 6.53. The average molecular weight is 363 g/mol. The van der Waals surface area contributed by atoms with Gasteiger partial charge in [0.05, 0.1) is 4.90 Å². The van der Waals surface area contributed by atoms with E-state index in [-0.39, 0.29) is 17.4 Å². The standard InChI is InChI=1S/C13H19BrN2O3S/c1-9-6-11(14)12(15)7-13(9)20(18,19)16-4-2-10(8-16)3-5-17/h6-7,10,17H,2-5,8,15H2,1H3. The second-order valence-electron chi connectivity index (χ2n) is 5.17. The molecule has 0 aromatic heterocycles. The summed E-state index contributed by atoms with van der Waals surface area (Å²) in [5.74, 6) is 0.239. The summed E-state index contributed by atoms with van der Waals surface area (Å²) >= 11 is 3.30. The van der Waals surface area contributed by atoms with E-state index in [0.717, 1.165) is 6.42 Å². The van der Waals surface area contributed by atoms with Crippen LogP contribution in [0.3, 0.4) is 0 Å². The van der Waals surface area contributed by atoms with E-state index in [1.54, 1.807) is 13.0 Å². The molecular formula is C13H19BrN2O3S. The number of halogens is 1. The summed E-state index contributed by atoms with van der Waals surface area (Å²) in [4.78, 5) is 0.267. The van der Waals surface area contributed by atoms with E-state index in [1.165, 1.54) is 10.4 Å². The number of hydrogen-bond acceptors (Lipinski definition) is 4. The van der Waals surface area contributed by atoms with Crippen molar-refractivity contribution in [2.24, 2.45) is 5.92 Å². The van der Waals surface area contributed by atoms with Crippen molar-refractivity contribution in [3.05, 3.63) is 22.2 Å². The molecule has 112 valence electrons. The molecule has 0 radical (unpaired) electrons. The number of aliphatic hydroxyl groups excluding tert-OH is 1. The minimum atomic E-state index is -3.51. The summed E-state index contributed by atoms with van der Waals surface area (Å²) in [6.07, 6.45) is 1.44. The predicted octanol–water partition coefficient (Wildman–Crippen LogP) is 1.73. The van der Waals surface area contributed by atoms with Gasteiger partial charge in [-0.15, -0.1) is 0 Å². The van der Waals surface area contributed by atoms with Gasteiger partial charge < -0.3 is 10.8 Å². The van der Waals surface area contributed by atoms with E-state index in [9.17, 15) is 8.42 Å². The molecule has 1 atom stereocenters. The lowest BCUT2D eigenvalue weighted by Gasteiger charge is -2.18. The highest BCUT2D eigenvalue weighted by molar-refractivity contribution is 9.10. The Hall–Kier alpha value is -0.630.